The molecule has 0 bridgehead atoms. The summed E-state index contributed by atoms with van der Waals surface area (Å²) in [6.07, 6.45) is 0. The molecule has 0 saturated heterocycles. The minimum atomic E-state index is -0.0860. The quantitative estimate of drug-likeness (QED) is 0.674. The fraction of sp³-hybridized carbons (Fsp3) is 0.471. The summed E-state index contributed by atoms with van der Waals surface area (Å²) in [6.45, 7) is 8.06. The molecule has 1 atom stereocenters. The first kappa shape index (κ1) is 17.5. The Morgan fingerprint density at radius 3 is 2.70 bits per heavy atom. The van der Waals surface area contributed by atoms with Gasteiger partial charge in [0.15, 0.2) is 5.16 Å². The third-order valence-corrected chi connectivity index (χ3v) is 4.94. The summed E-state index contributed by atoms with van der Waals surface area (Å²) < 4.78 is 1.51. The Kier molecular flexibility index (Phi) is 5.46. The highest BCUT2D eigenvalue weighted by Crippen LogP contribution is 2.17. The number of fused-ring (bicyclic) bond motifs is 1. The van der Waals surface area contributed by atoms with E-state index in [1.807, 2.05) is 32.0 Å². The van der Waals surface area contributed by atoms with Crippen molar-refractivity contribution in [2.24, 2.45) is 13.0 Å². The second-order valence-electron chi connectivity index (χ2n) is 6.17. The second-order valence-corrected chi connectivity index (χ2v) is 7.11. The predicted molar refractivity (Wildman–Crippen MR) is 94.9 cm³/mol. The first-order valence-electron chi connectivity index (χ1n) is 7.69. The van der Waals surface area contributed by atoms with Crippen LogP contribution < -0.4 is 10.9 Å². The highest BCUT2D eigenvalue weighted by Gasteiger charge is 2.13. The predicted octanol–water partition coefficient (Wildman–Crippen LogP) is 2.49. The van der Waals surface area contributed by atoms with Crippen LogP contribution in [0, 0.1) is 12.8 Å². The summed E-state index contributed by atoms with van der Waals surface area (Å²) in [6, 6.07) is 5.74. The molecule has 5 nitrogen and oxygen atoms in total. The van der Waals surface area contributed by atoms with E-state index in [1.165, 1.54) is 16.3 Å². The molecule has 1 unspecified atom stereocenters. The van der Waals surface area contributed by atoms with Crippen LogP contribution in [0.15, 0.2) is 28.2 Å². The van der Waals surface area contributed by atoms with Gasteiger partial charge in [-0.3, -0.25) is 14.2 Å². The van der Waals surface area contributed by atoms with Gasteiger partial charge in [-0.15, -0.1) is 0 Å². The molecule has 0 aliphatic carbocycles. The van der Waals surface area contributed by atoms with Crippen molar-refractivity contribution in [3.8, 4) is 0 Å². The summed E-state index contributed by atoms with van der Waals surface area (Å²) in [4.78, 5) is 28.9. The van der Waals surface area contributed by atoms with Crippen LogP contribution >= 0.6 is 11.8 Å². The zero-order valence-electron chi connectivity index (χ0n) is 14.2. The van der Waals surface area contributed by atoms with Gasteiger partial charge in [0.1, 0.15) is 0 Å². The number of benzene rings is 1. The topological polar surface area (TPSA) is 64.0 Å². The molecular formula is C17H23N3O2S. The van der Waals surface area contributed by atoms with Crippen molar-refractivity contribution >= 4 is 28.6 Å². The highest BCUT2D eigenvalue weighted by molar-refractivity contribution is 7.99. The van der Waals surface area contributed by atoms with Gasteiger partial charge in [0.2, 0.25) is 5.91 Å². The number of hydrogen-bond acceptors (Lipinski definition) is 4. The molecular weight excluding hydrogens is 310 g/mol. The standard InChI is InChI=1S/C17H23N3O2S/c1-10(2)12(4)18-15(21)9-23-17-19-14-7-6-11(3)8-13(14)16(22)20(17)5/h6-8,10,12H,9H2,1-5H3,(H,18,21). The SMILES string of the molecule is Cc1ccc2nc(SCC(=O)NC(C)C(C)C)n(C)c(=O)c2c1. The average Bonchev–Trinajstić information content (AvgIpc) is 2.50. The van der Waals surface area contributed by atoms with Crippen LogP contribution in [0.25, 0.3) is 10.9 Å². The maximum absolute atomic E-state index is 12.4. The molecule has 0 aliphatic heterocycles. The zero-order valence-corrected chi connectivity index (χ0v) is 15.0. The number of amides is 1. The molecule has 124 valence electrons. The monoisotopic (exact) mass is 333 g/mol. The van der Waals surface area contributed by atoms with Crippen LogP contribution in [-0.2, 0) is 11.8 Å². The summed E-state index contributed by atoms with van der Waals surface area (Å²) in [5.41, 5.74) is 1.60. The number of hydrogen-bond donors (Lipinski definition) is 1. The van der Waals surface area contributed by atoms with E-state index in [9.17, 15) is 9.59 Å². The Labute approximate surface area is 140 Å². The highest BCUT2D eigenvalue weighted by atomic mass is 32.2. The molecule has 0 fully saturated rings. The lowest BCUT2D eigenvalue weighted by molar-refractivity contribution is -0.119. The third-order valence-electron chi connectivity index (χ3n) is 3.91. The Balaban J connectivity index is 2.18. The van der Waals surface area contributed by atoms with Crippen molar-refractivity contribution < 1.29 is 4.79 Å². The first-order chi connectivity index (χ1) is 10.8. The van der Waals surface area contributed by atoms with E-state index in [0.717, 1.165) is 5.56 Å². The molecule has 1 aromatic carbocycles. The Bertz CT molecular complexity index is 783. The minimum absolute atomic E-state index is 0.0468. The number of carbonyl (C=O) groups excluding carboxylic acids is 1. The largest absolute Gasteiger partial charge is 0.353 e. The van der Waals surface area contributed by atoms with Gasteiger partial charge in [-0.25, -0.2) is 4.98 Å². The molecule has 0 aliphatic rings. The summed E-state index contributed by atoms with van der Waals surface area (Å²) in [5.74, 6) is 0.583. The van der Waals surface area contributed by atoms with Crippen LogP contribution in [0.1, 0.15) is 26.3 Å². The Hall–Kier alpha value is -1.82. The van der Waals surface area contributed by atoms with E-state index < -0.39 is 0 Å². The van der Waals surface area contributed by atoms with Crippen molar-refractivity contribution in [3.05, 3.63) is 34.1 Å². The van der Waals surface area contributed by atoms with E-state index in [0.29, 0.717) is 22.0 Å². The lowest BCUT2D eigenvalue weighted by Gasteiger charge is -2.17. The third kappa shape index (κ3) is 4.13. The van der Waals surface area contributed by atoms with Crippen LogP contribution in [0.2, 0.25) is 0 Å². The maximum atomic E-state index is 12.4. The summed E-state index contributed by atoms with van der Waals surface area (Å²) in [5, 5.41) is 4.11. The van der Waals surface area contributed by atoms with Crippen molar-refractivity contribution in [1.82, 2.24) is 14.9 Å². The van der Waals surface area contributed by atoms with Gasteiger partial charge >= 0.3 is 0 Å². The number of nitrogens with one attached hydrogen (secondary N) is 1. The smallest absolute Gasteiger partial charge is 0.261 e. The lowest BCUT2D eigenvalue weighted by Crippen LogP contribution is -2.37. The maximum Gasteiger partial charge on any atom is 0.261 e. The Morgan fingerprint density at radius 2 is 2.04 bits per heavy atom. The van der Waals surface area contributed by atoms with Crippen LogP contribution in [0.4, 0.5) is 0 Å². The molecule has 0 spiro atoms. The second kappa shape index (κ2) is 7.17. The fourth-order valence-corrected chi connectivity index (χ4v) is 2.87. The molecule has 1 amide bonds. The first-order valence-corrected chi connectivity index (χ1v) is 8.67. The average molecular weight is 333 g/mol. The van der Waals surface area contributed by atoms with E-state index in [2.05, 4.69) is 24.1 Å². The molecule has 0 radical (unpaired) electrons. The number of aryl methyl sites for hydroxylation is 1. The van der Waals surface area contributed by atoms with Crippen LogP contribution in [0.5, 0.6) is 0 Å². The van der Waals surface area contributed by atoms with Gasteiger partial charge < -0.3 is 5.32 Å². The molecule has 2 aromatic rings. The number of carbonyl (C=O) groups is 1. The van der Waals surface area contributed by atoms with Crippen LogP contribution in [-0.4, -0.2) is 27.3 Å². The molecule has 2 rings (SSSR count). The minimum Gasteiger partial charge on any atom is -0.353 e. The van der Waals surface area contributed by atoms with Crippen molar-refractivity contribution in [2.75, 3.05) is 5.75 Å². The molecule has 6 heteroatoms. The molecule has 1 aromatic heterocycles. The van der Waals surface area contributed by atoms with E-state index >= 15 is 0 Å². The summed E-state index contributed by atoms with van der Waals surface area (Å²) in [7, 11) is 1.69. The lowest BCUT2D eigenvalue weighted by atomic mass is 10.1. The molecule has 23 heavy (non-hydrogen) atoms. The van der Waals surface area contributed by atoms with Gasteiger partial charge in [-0.1, -0.05) is 37.2 Å². The van der Waals surface area contributed by atoms with E-state index in [1.54, 1.807) is 7.05 Å². The molecule has 0 saturated carbocycles. The van der Waals surface area contributed by atoms with Crippen molar-refractivity contribution in [2.45, 2.75) is 38.9 Å². The van der Waals surface area contributed by atoms with Gasteiger partial charge in [0, 0.05) is 13.1 Å². The van der Waals surface area contributed by atoms with Crippen LogP contribution in [0.3, 0.4) is 0 Å². The number of aromatic nitrogens is 2. The van der Waals surface area contributed by atoms with E-state index in [4.69, 9.17) is 0 Å². The van der Waals surface area contributed by atoms with Gasteiger partial charge in [-0.2, -0.15) is 0 Å². The van der Waals surface area contributed by atoms with Crippen molar-refractivity contribution in [1.29, 1.82) is 0 Å². The molecule has 1 heterocycles. The van der Waals surface area contributed by atoms with Gasteiger partial charge in [0.25, 0.3) is 5.56 Å². The number of nitrogens with zero attached hydrogens (tertiary/aromatic N) is 2. The number of rotatable bonds is 5. The Morgan fingerprint density at radius 1 is 1.35 bits per heavy atom. The van der Waals surface area contributed by atoms with Gasteiger partial charge in [0.05, 0.1) is 16.7 Å². The fourth-order valence-electron chi connectivity index (χ4n) is 2.09. The normalized spacial score (nSPS) is 12.6. The van der Waals surface area contributed by atoms with Crippen molar-refractivity contribution in [3.63, 3.8) is 0 Å². The number of thioether (sulfide) groups is 1. The molecule has 1 N–H and O–H groups in total. The van der Waals surface area contributed by atoms with Gasteiger partial charge in [-0.05, 0) is 31.9 Å². The summed E-state index contributed by atoms with van der Waals surface area (Å²) >= 11 is 1.28. The zero-order chi connectivity index (χ0) is 17.1. The van der Waals surface area contributed by atoms with E-state index in [-0.39, 0.29) is 23.3 Å².